The fraction of sp³-hybridized carbons (Fsp3) is 0.556. The first kappa shape index (κ1) is 17.4. The molecule has 0 amide bonds. The maximum atomic E-state index is 12.5. The number of hydrogen-bond acceptors (Lipinski definition) is 5. The molecule has 0 bridgehead atoms. The minimum absolute atomic E-state index is 0.149. The lowest BCUT2D eigenvalue weighted by molar-refractivity contribution is -0.157. The first-order chi connectivity index (χ1) is 11.2. The average molecular weight is 397 g/mol. The van der Waals surface area contributed by atoms with Crippen LogP contribution in [-0.4, -0.2) is 34.9 Å². The maximum Gasteiger partial charge on any atom is 0.313 e. The van der Waals surface area contributed by atoms with Gasteiger partial charge in [-0.05, 0) is 44.9 Å². The van der Waals surface area contributed by atoms with Gasteiger partial charge in [0.1, 0.15) is 11.2 Å². The number of halogens is 1. The van der Waals surface area contributed by atoms with E-state index >= 15 is 0 Å². The number of esters is 2. The first-order valence-corrected chi connectivity index (χ1v) is 8.88. The van der Waals surface area contributed by atoms with E-state index < -0.39 is 34.9 Å². The van der Waals surface area contributed by atoms with Crippen LogP contribution in [0.2, 0.25) is 0 Å². The number of aliphatic hydroxyl groups is 1. The summed E-state index contributed by atoms with van der Waals surface area (Å²) in [5.74, 6) is -2.65. The molecular formula is C18H21BrO5. The number of rotatable bonds is 3. The molecular weight excluding hydrogens is 376 g/mol. The van der Waals surface area contributed by atoms with Gasteiger partial charge in [-0.3, -0.25) is 9.59 Å². The minimum atomic E-state index is -1.39. The summed E-state index contributed by atoms with van der Waals surface area (Å²) in [6.07, 6.45) is 0.149. The second-order valence-electron chi connectivity index (χ2n) is 6.97. The topological polar surface area (TPSA) is 72.8 Å². The fourth-order valence-electron chi connectivity index (χ4n) is 4.07. The van der Waals surface area contributed by atoms with Gasteiger partial charge in [0, 0.05) is 10.4 Å². The van der Waals surface area contributed by atoms with Gasteiger partial charge in [0.15, 0.2) is 0 Å². The summed E-state index contributed by atoms with van der Waals surface area (Å²) in [5.41, 5.74) is -1.60. The van der Waals surface area contributed by atoms with E-state index in [0.29, 0.717) is 0 Å². The smallest absolute Gasteiger partial charge is 0.313 e. The van der Waals surface area contributed by atoms with Crippen LogP contribution in [-0.2, 0) is 19.1 Å². The second kappa shape index (κ2) is 5.85. The molecule has 1 aliphatic heterocycles. The third kappa shape index (κ3) is 2.47. The van der Waals surface area contributed by atoms with Gasteiger partial charge in [0.05, 0.1) is 18.4 Å². The quantitative estimate of drug-likeness (QED) is 0.795. The normalized spacial score (nSPS) is 33.9. The molecule has 1 aliphatic carbocycles. The highest BCUT2D eigenvalue weighted by Crippen LogP contribution is 2.59. The van der Waals surface area contributed by atoms with Crippen LogP contribution in [0, 0.1) is 11.8 Å². The summed E-state index contributed by atoms with van der Waals surface area (Å²) in [7, 11) is 0. The minimum Gasteiger partial charge on any atom is -0.466 e. The standard InChI is InChI=1S/C18H21BrO5/c1-4-23-15(20)12-9-18(22)14(16(21)24-17(18,2)3)13(12)10-5-7-11(19)8-6-10/h5-8,12-14,22H,4,9H2,1-3H3/t12-,13-,14-,18+/m0/s1. The zero-order valence-corrected chi connectivity index (χ0v) is 15.5. The predicted molar refractivity (Wildman–Crippen MR) is 90.2 cm³/mol. The van der Waals surface area contributed by atoms with Crippen molar-refractivity contribution in [3.8, 4) is 0 Å². The van der Waals surface area contributed by atoms with E-state index in [1.807, 2.05) is 24.3 Å². The third-order valence-corrected chi connectivity index (χ3v) is 5.86. The Morgan fingerprint density at radius 1 is 1.38 bits per heavy atom. The Balaban J connectivity index is 2.08. The molecule has 24 heavy (non-hydrogen) atoms. The molecule has 1 saturated heterocycles. The van der Waals surface area contributed by atoms with E-state index in [4.69, 9.17) is 9.47 Å². The molecule has 4 atom stereocenters. The number of cyclic esters (lactones) is 1. The van der Waals surface area contributed by atoms with Crippen LogP contribution in [0.15, 0.2) is 28.7 Å². The molecule has 0 radical (unpaired) electrons. The molecule has 1 aromatic carbocycles. The van der Waals surface area contributed by atoms with Crippen molar-refractivity contribution >= 4 is 27.9 Å². The number of hydrogen-bond donors (Lipinski definition) is 1. The monoisotopic (exact) mass is 396 g/mol. The number of carbonyl (C=O) groups excluding carboxylic acids is 2. The van der Waals surface area contributed by atoms with Crippen molar-refractivity contribution in [3.05, 3.63) is 34.3 Å². The van der Waals surface area contributed by atoms with Gasteiger partial charge < -0.3 is 14.6 Å². The largest absolute Gasteiger partial charge is 0.466 e. The molecule has 0 aromatic heterocycles. The molecule has 0 unspecified atom stereocenters. The molecule has 3 rings (SSSR count). The molecule has 1 aromatic rings. The van der Waals surface area contributed by atoms with Crippen LogP contribution in [0.25, 0.3) is 0 Å². The first-order valence-electron chi connectivity index (χ1n) is 8.08. The van der Waals surface area contributed by atoms with Crippen molar-refractivity contribution in [3.63, 3.8) is 0 Å². The zero-order chi connectivity index (χ0) is 17.7. The molecule has 1 heterocycles. The van der Waals surface area contributed by atoms with Crippen LogP contribution >= 0.6 is 15.9 Å². The fourth-order valence-corrected chi connectivity index (χ4v) is 4.34. The van der Waals surface area contributed by atoms with E-state index in [-0.39, 0.29) is 19.0 Å². The molecule has 1 N–H and O–H groups in total. The van der Waals surface area contributed by atoms with Crippen LogP contribution < -0.4 is 0 Å². The highest BCUT2D eigenvalue weighted by molar-refractivity contribution is 9.10. The molecule has 0 spiro atoms. The van der Waals surface area contributed by atoms with Gasteiger partial charge in [-0.1, -0.05) is 28.1 Å². The summed E-state index contributed by atoms with van der Waals surface area (Å²) in [4.78, 5) is 25.0. The highest BCUT2D eigenvalue weighted by Gasteiger charge is 2.70. The number of fused-ring (bicyclic) bond motifs is 1. The Morgan fingerprint density at radius 2 is 2.00 bits per heavy atom. The molecule has 2 fully saturated rings. The molecule has 6 heteroatoms. The van der Waals surface area contributed by atoms with Crippen molar-refractivity contribution < 1.29 is 24.2 Å². The lowest BCUT2D eigenvalue weighted by atomic mass is 9.76. The Morgan fingerprint density at radius 3 is 2.58 bits per heavy atom. The molecule has 2 aliphatic rings. The lowest BCUT2D eigenvalue weighted by Crippen LogP contribution is -2.48. The zero-order valence-electron chi connectivity index (χ0n) is 13.9. The van der Waals surface area contributed by atoms with Crippen molar-refractivity contribution in [1.82, 2.24) is 0 Å². The third-order valence-electron chi connectivity index (χ3n) is 5.33. The van der Waals surface area contributed by atoms with Crippen LogP contribution in [0.5, 0.6) is 0 Å². The summed E-state index contributed by atoms with van der Waals surface area (Å²) in [6, 6.07) is 7.46. The van der Waals surface area contributed by atoms with Gasteiger partial charge in [-0.15, -0.1) is 0 Å². The van der Waals surface area contributed by atoms with E-state index in [0.717, 1.165) is 10.0 Å². The molecule has 130 valence electrons. The summed E-state index contributed by atoms with van der Waals surface area (Å²) in [6.45, 7) is 5.39. The number of ether oxygens (including phenoxy) is 2. The summed E-state index contributed by atoms with van der Waals surface area (Å²) >= 11 is 3.39. The SMILES string of the molecule is CCOC(=O)[C@H]1C[C@@]2(O)[C@H](C(=O)OC2(C)C)[C@H]1c1ccc(Br)cc1. The van der Waals surface area contributed by atoms with Crippen molar-refractivity contribution in [1.29, 1.82) is 0 Å². The molecule has 5 nitrogen and oxygen atoms in total. The van der Waals surface area contributed by atoms with E-state index in [1.54, 1.807) is 20.8 Å². The van der Waals surface area contributed by atoms with Crippen LogP contribution in [0.4, 0.5) is 0 Å². The van der Waals surface area contributed by atoms with E-state index in [9.17, 15) is 14.7 Å². The average Bonchev–Trinajstić information content (AvgIpc) is 2.91. The second-order valence-corrected chi connectivity index (χ2v) is 7.89. The summed E-state index contributed by atoms with van der Waals surface area (Å²) < 4.78 is 11.5. The van der Waals surface area contributed by atoms with Gasteiger partial charge in [0.2, 0.25) is 0 Å². The number of carbonyl (C=O) groups is 2. The van der Waals surface area contributed by atoms with Crippen LogP contribution in [0.3, 0.4) is 0 Å². The summed E-state index contributed by atoms with van der Waals surface area (Å²) in [5, 5.41) is 11.2. The Hall–Kier alpha value is -1.40. The van der Waals surface area contributed by atoms with Crippen LogP contribution in [0.1, 0.15) is 38.7 Å². The van der Waals surface area contributed by atoms with Crippen molar-refractivity contribution in [2.24, 2.45) is 11.8 Å². The van der Waals surface area contributed by atoms with Gasteiger partial charge in [-0.25, -0.2) is 0 Å². The Labute approximate surface area is 149 Å². The van der Waals surface area contributed by atoms with E-state index in [2.05, 4.69) is 15.9 Å². The number of benzene rings is 1. The Kier molecular flexibility index (Phi) is 4.24. The lowest BCUT2D eigenvalue weighted by Gasteiger charge is -2.33. The van der Waals surface area contributed by atoms with E-state index in [1.165, 1.54) is 0 Å². The Bertz CT molecular complexity index is 668. The van der Waals surface area contributed by atoms with Crippen molar-refractivity contribution in [2.75, 3.05) is 6.61 Å². The van der Waals surface area contributed by atoms with Gasteiger partial charge >= 0.3 is 11.9 Å². The van der Waals surface area contributed by atoms with Crippen molar-refractivity contribution in [2.45, 2.75) is 44.3 Å². The van der Waals surface area contributed by atoms with Gasteiger partial charge in [-0.2, -0.15) is 0 Å². The predicted octanol–water partition coefficient (Wildman–Crippen LogP) is 2.80. The van der Waals surface area contributed by atoms with Gasteiger partial charge in [0.25, 0.3) is 0 Å². The maximum absolute atomic E-state index is 12.5. The molecule has 1 saturated carbocycles. The highest BCUT2D eigenvalue weighted by atomic mass is 79.9.